The van der Waals surface area contributed by atoms with Crippen LogP contribution in [0.25, 0.3) is 98.4 Å². The van der Waals surface area contributed by atoms with Crippen LogP contribution in [0.2, 0.25) is 0 Å². The second-order valence-corrected chi connectivity index (χ2v) is 11.3. The number of furan rings is 2. The van der Waals surface area contributed by atoms with Gasteiger partial charge in [-0.25, -0.2) is 0 Å². The molecule has 8 aromatic carbocycles. The SMILES string of the molecule is c1ccc2c(c1)oc1c(-c3cc4ccc5cc(-c6cccc7c6oc6ccccc67)cc6ccc(c3)c4c56)cccc12. The third-order valence-electron chi connectivity index (χ3n) is 8.96. The average molecular weight is 535 g/mol. The molecule has 0 N–H and O–H groups in total. The quantitative estimate of drug-likeness (QED) is 0.206. The summed E-state index contributed by atoms with van der Waals surface area (Å²) in [6, 6.07) is 47.8. The maximum Gasteiger partial charge on any atom is 0.143 e. The van der Waals surface area contributed by atoms with Gasteiger partial charge in [0, 0.05) is 32.7 Å². The number of hydrogen-bond acceptors (Lipinski definition) is 2. The minimum Gasteiger partial charge on any atom is -0.455 e. The number of rotatable bonds is 2. The van der Waals surface area contributed by atoms with Crippen molar-refractivity contribution in [3.05, 3.63) is 133 Å². The second-order valence-electron chi connectivity index (χ2n) is 11.3. The van der Waals surface area contributed by atoms with E-state index in [9.17, 15) is 0 Å². The van der Waals surface area contributed by atoms with Crippen LogP contribution in [0.1, 0.15) is 0 Å². The van der Waals surface area contributed by atoms with Gasteiger partial charge in [0.25, 0.3) is 0 Å². The van der Waals surface area contributed by atoms with Crippen molar-refractivity contribution >= 4 is 76.2 Å². The lowest BCUT2D eigenvalue weighted by Gasteiger charge is -2.15. The van der Waals surface area contributed by atoms with Gasteiger partial charge in [-0.2, -0.15) is 0 Å². The molecule has 0 aliphatic heterocycles. The van der Waals surface area contributed by atoms with E-state index in [1.54, 1.807) is 0 Å². The van der Waals surface area contributed by atoms with Crippen LogP contribution in [0.15, 0.2) is 142 Å². The van der Waals surface area contributed by atoms with Crippen LogP contribution >= 0.6 is 0 Å². The third kappa shape index (κ3) is 2.93. The molecule has 2 heterocycles. The Labute approximate surface area is 240 Å². The van der Waals surface area contributed by atoms with E-state index in [-0.39, 0.29) is 0 Å². The monoisotopic (exact) mass is 534 g/mol. The molecule has 0 aliphatic carbocycles. The summed E-state index contributed by atoms with van der Waals surface area (Å²) in [5.41, 5.74) is 8.31. The fourth-order valence-electron chi connectivity index (χ4n) is 7.10. The number of benzene rings is 8. The van der Waals surface area contributed by atoms with Gasteiger partial charge in [0.15, 0.2) is 0 Å². The zero-order valence-corrected chi connectivity index (χ0v) is 22.5. The highest BCUT2D eigenvalue weighted by Gasteiger charge is 2.17. The zero-order valence-electron chi connectivity index (χ0n) is 22.5. The van der Waals surface area contributed by atoms with Gasteiger partial charge in [0.2, 0.25) is 0 Å². The summed E-state index contributed by atoms with van der Waals surface area (Å²) in [4.78, 5) is 0. The largest absolute Gasteiger partial charge is 0.455 e. The lowest BCUT2D eigenvalue weighted by molar-refractivity contribution is 0.669. The summed E-state index contributed by atoms with van der Waals surface area (Å²) < 4.78 is 12.8. The van der Waals surface area contributed by atoms with Gasteiger partial charge in [-0.3, -0.25) is 0 Å². The molecule has 42 heavy (non-hydrogen) atoms. The minimum absolute atomic E-state index is 0.923. The van der Waals surface area contributed by atoms with E-state index < -0.39 is 0 Å². The molecule has 0 radical (unpaired) electrons. The maximum atomic E-state index is 6.38. The summed E-state index contributed by atoms with van der Waals surface area (Å²) in [5, 5.41) is 12.2. The first-order valence-electron chi connectivity index (χ1n) is 14.3. The summed E-state index contributed by atoms with van der Waals surface area (Å²) in [7, 11) is 0. The fourth-order valence-corrected chi connectivity index (χ4v) is 7.10. The Bertz CT molecular complexity index is 2430. The normalized spacial score (nSPS) is 12.3. The highest BCUT2D eigenvalue weighted by Crippen LogP contribution is 2.43. The van der Waals surface area contributed by atoms with Crippen LogP contribution in [-0.2, 0) is 0 Å². The first-order valence-corrected chi connectivity index (χ1v) is 14.3. The summed E-state index contributed by atoms with van der Waals surface area (Å²) in [5.74, 6) is 0. The molecule has 0 spiro atoms. The molecule has 10 rings (SSSR count). The molecule has 10 aromatic rings. The first-order chi connectivity index (χ1) is 20.8. The first kappa shape index (κ1) is 22.1. The van der Waals surface area contributed by atoms with Gasteiger partial charge in [-0.15, -0.1) is 0 Å². The Hall–Kier alpha value is -5.60. The Morgan fingerprint density at radius 1 is 0.333 bits per heavy atom. The molecule has 0 unspecified atom stereocenters. The molecule has 0 atom stereocenters. The highest BCUT2D eigenvalue weighted by molar-refractivity contribution is 6.25. The Morgan fingerprint density at radius 3 is 1.14 bits per heavy atom. The van der Waals surface area contributed by atoms with Gasteiger partial charge in [-0.05, 0) is 79.8 Å². The standard InChI is InChI=1S/C40H22O2/c1-3-13-35-31(7-1)33-11-5-9-29(39(33)41-35)27-19-23-15-17-25-21-28(22-26-18-16-24(20-27)37(23)38(25)26)30-10-6-12-34-32-8-2-4-14-36(32)42-40(30)34/h1-22H. The van der Waals surface area contributed by atoms with E-state index in [0.29, 0.717) is 0 Å². The van der Waals surface area contributed by atoms with E-state index in [4.69, 9.17) is 8.83 Å². The Kier molecular flexibility index (Phi) is 4.21. The van der Waals surface area contributed by atoms with Gasteiger partial charge in [0.1, 0.15) is 22.3 Å². The predicted molar refractivity (Wildman–Crippen MR) is 176 cm³/mol. The van der Waals surface area contributed by atoms with Crippen molar-refractivity contribution in [3.8, 4) is 22.3 Å². The van der Waals surface area contributed by atoms with Gasteiger partial charge in [-0.1, -0.05) is 97.1 Å². The molecule has 0 saturated heterocycles. The van der Waals surface area contributed by atoms with Crippen molar-refractivity contribution in [2.24, 2.45) is 0 Å². The van der Waals surface area contributed by atoms with Crippen LogP contribution in [0.4, 0.5) is 0 Å². The number of hydrogen-bond donors (Lipinski definition) is 0. The van der Waals surface area contributed by atoms with Crippen molar-refractivity contribution < 1.29 is 8.83 Å². The minimum atomic E-state index is 0.923. The van der Waals surface area contributed by atoms with E-state index in [1.807, 2.05) is 24.3 Å². The molecule has 194 valence electrons. The van der Waals surface area contributed by atoms with E-state index in [1.165, 1.54) is 43.4 Å². The van der Waals surface area contributed by atoms with Crippen LogP contribution in [0.3, 0.4) is 0 Å². The molecule has 2 heteroatoms. The van der Waals surface area contributed by atoms with E-state index >= 15 is 0 Å². The molecular weight excluding hydrogens is 512 g/mol. The van der Waals surface area contributed by atoms with Gasteiger partial charge < -0.3 is 8.83 Å². The molecule has 2 aromatic heterocycles. The lowest BCUT2D eigenvalue weighted by Crippen LogP contribution is -1.88. The Balaban J connectivity index is 1.19. The summed E-state index contributed by atoms with van der Waals surface area (Å²) in [6.07, 6.45) is 0. The summed E-state index contributed by atoms with van der Waals surface area (Å²) in [6.45, 7) is 0. The van der Waals surface area contributed by atoms with E-state index in [2.05, 4.69) is 109 Å². The smallest absolute Gasteiger partial charge is 0.143 e. The fraction of sp³-hybridized carbons (Fsp3) is 0. The summed E-state index contributed by atoms with van der Waals surface area (Å²) >= 11 is 0. The zero-order chi connectivity index (χ0) is 27.4. The number of para-hydroxylation sites is 4. The molecule has 0 saturated carbocycles. The van der Waals surface area contributed by atoms with Gasteiger partial charge >= 0.3 is 0 Å². The molecule has 0 bridgehead atoms. The van der Waals surface area contributed by atoms with Crippen LogP contribution in [0.5, 0.6) is 0 Å². The van der Waals surface area contributed by atoms with Gasteiger partial charge in [0.05, 0.1) is 0 Å². The van der Waals surface area contributed by atoms with Crippen molar-refractivity contribution in [1.29, 1.82) is 0 Å². The molecule has 0 amide bonds. The topological polar surface area (TPSA) is 26.3 Å². The molecular formula is C40H22O2. The third-order valence-corrected chi connectivity index (χ3v) is 8.96. The average Bonchev–Trinajstić information content (AvgIpc) is 3.62. The molecule has 0 aliphatic rings. The van der Waals surface area contributed by atoms with Crippen molar-refractivity contribution in [3.63, 3.8) is 0 Å². The van der Waals surface area contributed by atoms with Crippen LogP contribution < -0.4 is 0 Å². The lowest BCUT2D eigenvalue weighted by atomic mass is 9.89. The highest BCUT2D eigenvalue weighted by atomic mass is 16.3. The van der Waals surface area contributed by atoms with Crippen molar-refractivity contribution in [1.82, 2.24) is 0 Å². The van der Waals surface area contributed by atoms with Crippen molar-refractivity contribution in [2.45, 2.75) is 0 Å². The molecule has 0 fully saturated rings. The van der Waals surface area contributed by atoms with E-state index in [0.717, 1.165) is 55.0 Å². The number of fused-ring (bicyclic) bond motifs is 6. The van der Waals surface area contributed by atoms with Crippen LogP contribution in [0, 0.1) is 0 Å². The molecule has 2 nitrogen and oxygen atoms in total. The van der Waals surface area contributed by atoms with Crippen molar-refractivity contribution in [2.75, 3.05) is 0 Å². The van der Waals surface area contributed by atoms with Crippen LogP contribution in [-0.4, -0.2) is 0 Å². The Morgan fingerprint density at radius 2 is 0.714 bits per heavy atom. The maximum absolute atomic E-state index is 6.38. The predicted octanol–water partition coefficient (Wildman–Crippen LogP) is 11.7. The second kappa shape index (κ2) is 7.99.